The van der Waals surface area contributed by atoms with E-state index in [1.165, 1.54) is 17.5 Å². The van der Waals surface area contributed by atoms with E-state index < -0.39 is 5.97 Å². The number of nitrogens with zero attached hydrogens (tertiary/aromatic N) is 1. The largest absolute Gasteiger partial charge is 0.482 e. The van der Waals surface area contributed by atoms with Crippen LogP contribution in [0.2, 0.25) is 0 Å². The molecule has 0 bridgehead atoms. The Kier molecular flexibility index (Phi) is 4.06. The average Bonchev–Trinajstić information content (AvgIpc) is 3.01. The highest BCUT2D eigenvalue weighted by molar-refractivity contribution is 5.74. The number of fused-ring (bicyclic) bond motifs is 1. The first kappa shape index (κ1) is 14.2. The van der Waals surface area contributed by atoms with Crippen molar-refractivity contribution < 1.29 is 14.3 Å². The number of aryl methyl sites for hydroxylation is 2. The topological polar surface area (TPSA) is 59.3 Å². The summed E-state index contributed by atoms with van der Waals surface area (Å²) in [5.41, 5.74) is 3.19. The third-order valence-corrected chi connectivity index (χ3v) is 3.64. The van der Waals surface area contributed by atoms with E-state index in [4.69, 9.17) is 14.7 Å². The van der Waals surface area contributed by atoms with Crippen molar-refractivity contribution in [2.24, 2.45) is 0 Å². The molecule has 1 aliphatic carbocycles. The molecule has 0 atom stereocenters. The summed E-state index contributed by atoms with van der Waals surface area (Å²) < 4.78 is 10.6. The molecule has 2 aromatic carbocycles. The Labute approximate surface area is 128 Å². The van der Waals surface area contributed by atoms with Crippen molar-refractivity contribution in [1.82, 2.24) is 0 Å². The lowest BCUT2D eigenvalue weighted by molar-refractivity contribution is -0.136. The fourth-order valence-corrected chi connectivity index (χ4v) is 2.54. The molecule has 22 heavy (non-hydrogen) atoms. The van der Waals surface area contributed by atoms with Crippen LogP contribution in [0.3, 0.4) is 0 Å². The van der Waals surface area contributed by atoms with E-state index in [1.54, 1.807) is 24.3 Å². The number of nitriles is 1. The van der Waals surface area contributed by atoms with Crippen molar-refractivity contribution in [2.75, 3.05) is 6.61 Å². The molecule has 3 rings (SSSR count). The van der Waals surface area contributed by atoms with Gasteiger partial charge in [-0.1, -0.05) is 6.07 Å². The average molecular weight is 293 g/mol. The molecule has 2 aromatic rings. The molecule has 4 nitrogen and oxygen atoms in total. The Balaban J connectivity index is 1.54. The Hall–Kier alpha value is -2.80. The summed E-state index contributed by atoms with van der Waals surface area (Å²) in [5, 5.41) is 8.71. The third kappa shape index (κ3) is 3.26. The number of ether oxygens (including phenoxy) is 2. The van der Waals surface area contributed by atoms with E-state index in [-0.39, 0.29) is 6.61 Å². The second-order valence-corrected chi connectivity index (χ2v) is 5.18. The van der Waals surface area contributed by atoms with Crippen molar-refractivity contribution in [2.45, 2.75) is 19.3 Å². The molecular weight excluding hydrogens is 278 g/mol. The summed E-state index contributed by atoms with van der Waals surface area (Å²) >= 11 is 0. The minimum atomic E-state index is -0.467. The Morgan fingerprint density at radius 2 is 1.77 bits per heavy atom. The standard InChI is InChI=1S/C18H15NO3/c19-11-13-4-7-16(8-5-13)22-18(20)12-21-17-9-6-14-2-1-3-15(14)10-17/h4-10H,1-3,12H2. The zero-order valence-corrected chi connectivity index (χ0v) is 12.0. The van der Waals surface area contributed by atoms with Crippen molar-refractivity contribution in [3.63, 3.8) is 0 Å². The van der Waals surface area contributed by atoms with Crippen molar-refractivity contribution in [3.05, 3.63) is 59.2 Å². The van der Waals surface area contributed by atoms with Gasteiger partial charge in [-0.15, -0.1) is 0 Å². The molecule has 0 radical (unpaired) electrons. The summed E-state index contributed by atoms with van der Waals surface area (Å²) in [5.74, 6) is 0.629. The fraction of sp³-hybridized carbons (Fsp3) is 0.222. The van der Waals surface area contributed by atoms with Crippen LogP contribution in [-0.4, -0.2) is 12.6 Å². The van der Waals surface area contributed by atoms with Crippen LogP contribution < -0.4 is 9.47 Å². The maximum atomic E-state index is 11.8. The minimum absolute atomic E-state index is 0.140. The van der Waals surface area contributed by atoms with Crippen molar-refractivity contribution in [3.8, 4) is 17.6 Å². The van der Waals surface area contributed by atoms with Gasteiger partial charge in [-0.05, 0) is 66.8 Å². The number of esters is 1. The Morgan fingerprint density at radius 3 is 2.55 bits per heavy atom. The van der Waals surface area contributed by atoms with Crippen LogP contribution in [0.15, 0.2) is 42.5 Å². The summed E-state index contributed by atoms with van der Waals surface area (Å²) in [6.07, 6.45) is 3.37. The molecule has 0 saturated carbocycles. The SMILES string of the molecule is N#Cc1ccc(OC(=O)COc2ccc3c(c2)CCC3)cc1. The molecule has 110 valence electrons. The maximum absolute atomic E-state index is 11.8. The molecule has 0 amide bonds. The lowest BCUT2D eigenvalue weighted by Gasteiger charge is -2.08. The fourth-order valence-electron chi connectivity index (χ4n) is 2.54. The minimum Gasteiger partial charge on any atom is -0.482 e. The number of hydrogen-bond donors (Lipinski definition) is 0. The van der Waals surface area contributed by atoms with Crippen molar-refractivity contribution in [1.29, 1.82) is 5.26 Å². The molecule has 4 heteroatoms. The van der Waals surface area contributed by atoms with Crippen LogP contribution in [0.5, 0.6) is 11.5 Å². The summed E-state index contributed by atoms with van der Waals surface area (Å²) in [6, 6.07) is 14.3. The van der Waals surface area contributed by atoms with E-state index >= 15 is 0 Å². The third-order valence-electron chi connectivity index (χ3n) is 3.64. The molecule has 0 spiro atoms. The summed E-state index contributed by atoms with van der Waals surface area (Å²) in [6.45, 7) is -0.140. The Bertz CT molecular complexity index is 729. The van der Waals surface area contributed by atoms with Crippen LogP contribution in [0.1, 0.15) is 23.1 Å². The van der Waals surface area contributed by atoms with Crippen molar-refractivity contribution >= 4 is 5.97 Å². The van der Waals surface area contributed by atoms with E-state index in [9.17, 15) is 4.79 Å². The molecule has 0 aliphatic heterocycles. The molecule has 0 saturated heterocycles. The predicted octanol–water partition coefficient (Wildman–Crippen LogP) is 3.03. The lowest BCUT2D eigenvalue weighted by atomic mass is 10.1. The second kappa shape index (κ2) is 6.31. The first-order valence-electron chi connectivity index (χ1n) is 7.20. The molecule has 0 aromatic heterocycles. The van der Waals surface area contributed by atoms with E-state index in [1.807, 2.05) is 18.2 Å². The van der Waals surface area contributed by atoms with Gasteiger partial charge in [-0.3, -0.25) is 0 Å². The Morgan fingerprint density at radius 1 is 1.05 bits per heavy atom. The van der Waals surface area contributed by atoms with Gasteiger partial charge in [-0.2, -0.15) is 5.26 Å². The molecule has 0 fully saturated rings. The van der Waals surface area contributed by atoms with E-state index in [0.717, 1.165) is 12.8 Å². The lowest BCUT2D eigenvalue weighted by Crippen LogP contribution is -2.17. The normalized spacial score (nSPS) is 12.3. The monoisotopic (exact) mass is 293 g/mol. The zero-order chi connectivity index (χ0) is 15.4. The number of benzene rings is 2. The molecule has 0 unspecified atom stereocenters. The highest BCUT2D eigenvalue weighted by atomic mass is 16.6. The van der Waals surface area contributed by atoms with Gasteiger partial charge in [0.2, 0.25) is 0 Å². The van der Waals surface area contributed by atoms with Gasteiger partial charge >= 0.3 is 5.97 Å². The highest BCUT2D eigenvalue weighted by Crippen LogP contribution is 2.26. The van der Waals surface area contributed by atoms with Gasteiger partial charge in [-0.25, -0.2) is 4.79 Å². The molecular formula is C18H15NO3. The van der Waals surface area contributed by atoms with E-state index in [0.29, 0.717) is 17.1 Å². The van der Waals surface area contributed by atoms with Crippen LogP contribution in [0, 0.1) is 11.3 Å². The van der Waals surface area contributed by atoms with E-state index in [2.05, 4.69) is 6.07 Å². The van der Waals surface area contributed by atoms with Gasteiger partial charge in [0.05, 0.1) is 11.6 Å². The number of rotatable bonds is 4. The zero-order valence-electron chi connectivity index (χ0n) is 12.0. The van der Waals surface area contributed by atoms with Gasteiger partial charge < -0.3 is 9.47 Å². The quantitative estimate of drug-likeness (QED) is 0.642. The first-order chi connectivity index (χ1) is 10.7. The maximum Gasteiger partial charge on any atom is 0.349 e. The second-order valence-electron chi connectivity index (χ2n) is 5.18. The van der Waals surface area contributed by atoms with Gasteiger partial charge in [0, 0.05) is 0 Å². The van der Waals surface area contributed by atoms with Gasteiger partial charge in [0.15, 0.2) is 6.61 Å². The van der Waals surface area contributed by atoms with Crippen LogP contribution in [-0.2, 0) is 17.6 Å². The number of carbonyl (C=O) groups excluding carboxylic acids is 1. The predicted molar refractivity (Wildman–Crippen MR) is 80.8 cm³/mol. The van der Waals surface area contributed by atoms with Crippen LogP contribution in [0.4, 0.5) is 0 Å². The smallest absolute Gasteiger partial charge is 0.349 e. The first-order valence-corrected chi connectivity index (χ1v) is 7.20. The molecule has 0 heterocycles. The molecule has 1 aliphatic rings. The van der Waals surface area contributed by atoms with Gasteiger partial charge in [0.25, 0.3) is 0 Å². The number of carbonyl (C=O) groups is 1. The van der Waals surface area contributed by atoms with Crippen LogP contribution >= 0.6 is 0 Å². The number of hydrogen-bond acceptors (Lipinski definition) is 4. The van der Waals surface area contributed by atoms with Crippen LogP contribution in [0.25, 0.3) is 0 Å². The van der Waals surface area contributed by atoms with Gasteiger partial charge in [0.1, 0.15) is 11.5 Å². The highest BCUT2D eigenvalue weighted by Gasteiger charge is 2.12. The molecule has 0 N–H and O–H groups in total. The summed E-state index contributed by atoms with van der Waals surface area (Å²) in [7, 11) is 0. The summed E-state index contributed by atoms with van der Waals surface area (Å²) in [4.78, 5) is 11.8.